The number of nitrogens with one attached hydrogen (secondary N) is 1. The van der Waals surface area contributed by atoms with E-state index in [0.717, 1.165) is 5.56 Å². The molecule has 1 aliphatic heterocycles. The van der Waals surface area contributed by atoms with Gasteiger partial charge in [0.1, 0.15) is 0 Å². The van der Waals surface area contributed by atoms with Crippen molar-refractivity contribution in [2.24, 2.45) is 0 Å². The quantitative estimate of drug-likeness (QED) is 0.839. The molecule has 3 rings (SSSR count). The maximum absolute atomic E-state index is 11.7. The SMILES string of the molecule is CCN(c1nncc(NCc2ccc(C)cc2)n1)C1CCS(=O)(=O)C1. The Hall–Kier alpha value is -2.22. The standard InChI is InChI=1S/C17H23N5O2S/c1-3-22(15-8-9-25(23,24)12-15)17-20-16(11-19-21-17)18-10-14-6-4-13(2)5-7-14/h4-7,11,15H,3,8-10,12H2,1-2H3,(H,18,20,21). The van der Waals surface area contributed by atoms with Crippen molar-refractivity contribution in [2.75, 3.05) is 28.3 Å². The van der Waals surface area contributed by atoms with Crippen molar-refractivity contribution in [2.45, 2.75) is 32.9 Å². The average Bonchev–Trinajstić information content (AvgIpc) is 2.95. The van der Waals surface area contributed by atoms with Crippen molar-refractivity contribution in [1.82, 2.24) is 15.2 Å². The van der Waals surface area contributed by atoms with E-state index in [4.69, 9.17) is 0 Å². The second-order valence-electron chi connectivity index (χ2n) is 6.32. The van der Waals surface area contributed by atoms with E-state index in [2.05, 4.69) is 51.7 Å². The Morgan fingerprint density at radius 2 is 2.04 bits per heavy atom. The molecule has 0 spiro atoms. The summed E-state index contributed by atoms with van der Waals surface area (Å²) in [6.07, 6.45) is 2.19. The van der Waals surface area contributed by atoms with Gasteiger partial charge in [0, 0.05) is 19.1 Å². The van der Waals surface area contributed by atoms with Crippen LogP contribution >= 0.6 is 0 Å². The third-order valence-electron chi connectivity index (χ3n) is 4.39. The highest BCUT2D eigenvalue weighted by Gasteiger charge is 2.33. The van der Waals surface area contributed by atoms with Gasteiger partial charge >= 0.3 is 0 Å². The van der Waals surface area contributed by atoms with Crippen LogP contribution in [0.4, 0.5) is 11.8 Å². The molecule has 1 aliphatic rings. The van der Waals surface area contributed by atoms with E-state index in [-0.39, 0.29) is 17.5 Å². The smallest absolute Gasteiger partial charge is 0.247 e. The predicted molar refractivity (Wildman–Crippen MR) is 98.4 cm³/mol. The Morgan fingerprint density at radius 1 is 1.28 bits per heavy atom. The molecule has 1 unspecified atom stereocenters. The van der Waals surface area contributed by atoms with Crippen molar-refractivity contribution in [3.63, 3.8) is 0 Å². The summed E-state index contributed by atoms with van der Waals surface area (Å²) in [6.45, 7) is 5.31. The molecule has 0 amide bonds. The largest absolute Gasteiger partial charge is 0.365 e. The van der Waals surface area contributed by atoms with Gasteiger partial charge in [0.05, 0.1) is 17.7 Å². The van der Waals surface area contributed by atoms with Crippen molar-refractivity contribution in [1.29, 1.82) is 0 Å². The van der Waals surface area contributed by atoms with Gasteiger partial charge < -0.3 is 10.2 Å². The maximum Gasteiger partial charge on any atom is 0.247 e. The van der Waals surface area contributed by atoms with Crippen molar-refractivity contribution < 1.29 is 8.42 Å². The van der Waals surface area contributed by atoms with Gasteiger partial charge in [0.15, 0.2) is 15.7 Å². The van der Waals surface area contributed by atoms with E-state index in [1.807, 2.05) is 11.8 Å². The molecule has 1 saturated heterocycles. The lowest BCUT2D eigenvalue weighted by Gasteiger charge is -2.26. The molecule has 1 aromatic heterocycles. The Balaban J connectivity index is 1.70. The van der Waals surface area contributed by atoms with E-state index in [1.165, 1.54) is 5.56 Å². The van der Waals surface area contributed by atoms with Crippen molar-refractivity contribution in [3.05, 3.63) is 41.6 Å². The van der Waals surface area contributed by atoms with Gasteiger partial charge in [-0.05, 0) is 25.8 Å². The molecule has 0 saturated carbocycles. The van der Waals surface area contributed by atoms with Gasteiger partial charge in [-0.3, -0.25) is 0 Å². The van der Waals surface area contributed by atoms with Crippen LogP contribution in [-0.4, -0.2) is 47.7 Å². The first-order valence-corrected chi connectivity index (χ1v) is 10.2. The van der Waals surface area contributed by atoms with Crippen LogP contribution in [-0.2, 0) is 16.4 Å². The van der Waals surface area contributed by atoms with Gasteiger partial charge in [-0.1, -0.05) is 29.8 Å². The number of sulfone groups is 1. The number of nitrogens with zero attached hydrogens (tertiary/aromatic N) is 4. The summed E-state index contributed by atoms with van der Waals surface area (Å²) in [5, 5.41) is 11.4. The summed E-state index contributed by atoms with van der Waals surface area (Å²) in [5.41, 5.74) is 2.37. The Labute approximate surface area is 148 Å². The molecule has 1 fully saturated rings. The third kappa shape index (κ3) is 4.45. The van der Waals surface area contributed by atoms with E-state index < -0.39 is 9.84 Å². The summed E-state index contributed by atoms with van der Waals surface area (Å²) in [5.74, 6) is 1.49. The van der Waals surface area contributed by atoms with Crippen LogP contribution in [0.3, 0.4) is 0 Å². The lowest BCUT2D eigenvalue weighted by Crippen LogP contribution is -2.37. The molecule has 0 radical (unpaired) electrons. The average molecular weight is 361 g/mol. The number of aryl methyl sites for hydroxylation is 1. The zero-order valence-corrected chi connectivity index (χ0v) is 15.3. The Kier molecular flexibility index (Phi) is 5.17. The van der Waals surface area contributed by atoms with Crippen LogP contribution in [0.15, 0.2) is 30.5 Å². The van der Waals surface area contributed by atoms with Crippen LogP contribution in [0.25, 0.3) is 0 Å². The van der Waals surface area contributed by atoms with Gasteiger partial charge in [-0.25, -0.2) is 8.42 Å². The minimum Gasteiger partial charge on any atom is -0.365 e. The van der Waals surface area contributed by atoms with E-state index >= 15 is 0 Å². The normalized spacial score (nSPS) is 18.9. The molecule has 1 N–H and O–H groups in total. The second-order valence-corrected chi connectivity index (χ2v) is 8.55. The molecule has 134 valence electrons. The van der Waals surface area contributed by atoms with Crippen LogP contribution in [0, 0.1) is 6.92 Å². The summed E-state index contributed by atoms with van der Waals surface area (Å²) < 4.78 is 23.5. The first-order valence-electron chi connectivity index (χ1n) is 8.43. The van der Waals surface area contributed by atoms with Crippen LogP contribution in [0.2, 0.25) is 0 Å². The summed E-state index contributed by atoms with van der Waals surface area (Å²) in [7, 11) is -2.95. The summed E-state index contributed by atoms with van der Waals surface area (Å²) in [4.78, 5) is 6.44. The molecule has 2 aromatic rings. The maximum atomic E-state index is 11.7. The van der Waals surface area contributed by atoms with Crippen LogP contribution in [0.1, 0.15) is 24.5 Å². The predicted octanol–water partition coefficient (Wildman–Crippen LogP) is 1.81. The molecule has 0 bridgehead atoms. The van der Waals surface area contributed by atoms with Gasteiger partial charge in [-0.2, -0.15) is 10.1 Å². The molecule has 1 aromatic carbocycles. The first-order chi connectivity index (χ1) is 12.0. The Morgan fingerprint density at radius 3 is 2.68 bits per heavy atom. The molecule has 1 atom stereocenters. The van der Waals surface area contributed by atoms with Crippen molar-refractivity contribution >= 4 is 21.6 Å². The fourth-order valence-electron chi connectivity index (χ4n) is 2.98. The number of hydrogen-bond donors (Lipinski definition) is 1. The minimum absolute atomic E-state index is 0.0795. The molecule has 0 aliphatic carbocycles. The lowest BCUT2D eigenvalue weighted by atomic mass is 10.1. The monoisotopic (exact) mass is 361 g/mol. The second kappa shape index (κ2) is 7.35. The topological polar surface area (TPSA) is 88.1 Å². The van der Waals surface area contributed by atoms with Crippen LogP contribution < -0.4 is 10.2 Å². The zero-order chi connectivity index (χ0) is 17.9. The Bertz CT molecular complexity index is 823. The zero-order valence-electron chi connectivity index (χ0n) is 14.5. The minimum atomic E-state index is -2.95. The third-order valence-corrected chi connectivity index (χ3v) is 6.14. The fraction of sp³-hybridized carbons (Fsp3) is 0.471. The first kappa shape index (κ1) is 17.6. The van der Waals surface area contributed by atoms with E-state index in [0.29, 0.717) is 31.3 Å². The highest BCUT2D eigenvalue weighted by Crippen LogP contribution is 2.21. The van der Waals surface area contributed by atoms with Crippen molar-refractivity contribution in [3.8, 4) is 0 Å². The molecule has 25 heavy (non-hydrogen) atoms. The number of anilines is 2. The number of hydrogen-bond acceptors (Lipinski definition) is 7. The molecular weight excluding hydrogens is 338 g/mol. The number of rotatable bonds is 6. The van der Waals surface area contributed by atoms with E-state index in [1.54, 1.807) is 6.20 Å². The van der Waals surface area contributed by atoms with Crippen LogP contribution in [0.5, 0.6) is 0 Å². The molecular formula is C17H23N5O2S. The molecule has 2 heterocycles. The highest BCUT2D eigenvalue weighted by atomic mass is 32.2. The number of benzene rings is 1. The van der Waals surface area contributed by atoms with E-state index in [9.17, 15) is 8.42 Å². The van der Waals surface area contributed by atoms with Gasteiger partial charge in [0.2, 0.25) is 5.95 Å². The molecule has 8 heteroatoms. The lowest BCUT2D eigenvalue weighted by molar-refractivity contribution is 0.598. The van der Waals surface area contributed by atoms with Gasteiger partial charge in [-0.15, -0.1) is 5.10 Å². The van der Waals surface area contributed by atoms with Gasteiger partial charge in [0.25, 0.3) is 0 Å². The number of aromatic nitrogens is 3. The fourth-order valence-corrected chi connectivity index (χ4v) is 4.71. The molecule has 7 nitrogen and oxygen atoms in total. The summed E-state index contributed by atoms with van der Waals surface area (Å²) in [6, 6.07) is 8.20. The summed E-state index contributed by atoms with van der Waals surface area (Å²) >= 11 is 0. The highest BCUT2D eigenvalue weighted by molar-refractivity contribution is 7.91.